The van der Waals surface area contributed by atoms with E-state index in [0.717, 1.165) is 12.0 Å². The largest absolute Gasteiger partial charge is 0.338 e. The Kier molecular flexibility index (Phi) is 3.97. The monoisotopic (exact) mass is 325 g/mol. The predicted octanol–water partition coefficient (Wildman–Crippen LogP) is 1.65. The molecule has 1 N–H and O–H groups in total. The zero-order valence-corrected chi connectivity index (χ0v) is 14.0. The van der Waals surface area contributed by atoms with Crippen LogP contribution in [0.1, 0.15) is 49.9 Å². The Morgan fingerprint density at radius 1 is 1.46 bits per heavy atom. The standard InChI is InChI=1S/C17H19N5O2/c1-10(2)14-15(12-5-4-6-21(9-12)11(3)23)20-16-13(7-18)8-19-22(16)17(14)24/h5,8,10,20H,4,6,9H2,1-3H3. The minimum Gasteiger partial charge on any atom is -0.338 e. The van der Waals surface area contributed by atoms with E-state index in [1.54, 1.807) is 11.8 Å². The Labute approximate surface area is 139 Å². The van der Waals surface area contributed by atoms with Gasteiger partial charge >= 0.3 is 0 Å². The molecule has 3 rings (SSSR count). The lowest BCUT2D eigenvalue weighted by atomic mass is 9.96. The number of hydrogen-bond donors (Lipinski definition) is 1. The van der Waals surface area contributed by atoms with Gasteiger partial charge in [-0.3, -0.25) is 9.59 Å². The molecule has 0 saturated heterocycles. The van der Waals surface area contributed by atoms with Gasteiger partial charge in [-0.1, -0.05) is 19.9 Å². The van der Waals surface area contributed by atoms with Crippen LogP contribution >= 0.6 is 0 Å². The average molecular weight is 325 g/mol. The van der Waals surface area contributed by atoms with E-state index < -0.39 is 0 Å². The third kappa shape index (κ3) is 2.50. The van der Waals surface area contributed by atoms with Crippen molar-refractivity contribution in [1.29, 1.82) is 5.26 Å². The van der Waals surface area contributed by atoms with Crippen molar-refractivity contribution >= 4 is 17.1 Å². The summed E-state index contributed by atoms with van der Waals surface area (Å²) in [5.74, 6) is -0.00585. The fourth-order valence-corrected chi connectivity index (χ4v) is 3.09. The number of nitrogens with zero attached hydrogens (tertiary/aromatic N) is 4. The van der Waals surface area contributed by atoms with Gasteiger partial charge in [-0.25, -0.2) is 0 Å². The van der Waals surface area contributed by atoms with Gasteiger partial charge in [-0.2, -0.15) is 14.9 Å². The summed E-state index contributed by atoms with van der Waals surface area (Å²) in [6.07, 6.45) is 4.18. The van der Waals surface area contributed by atoms with Crippen molar-refractivity contribution in [2.75, 3.05) is 13.1 Å². The van der Waals surface area contributed by atoms with Crippen LogP contribution in [0.4, 0.5) is 0 Å². The van der Waals surface area contributed by atoms with Gasteiger partial charge in [0.1, 0.15) is 11.6 Å². The molecule has 7 nitrogen and oxygen atoms in total. The van der Waals surface area contributed by atoms with Crippen molar-refractivity contribution in [3.05, 3.63) is 39.4 Å². The Bertz CT molecular complexity index is 942. The van der Waals surface area contributed by atoms with Crippen LogP contribution in [-0.2, 0) is 4.79 Å². The number of aromatic nitrogens is 3. The maximum atomic E-state index is 12.8. The lowest BCUT2D eigenvalue weighted by Crippen LogP contribution is -2.34. The van der Waals surface area contributed by atoms with E-state index in [4.69, 9.17) is 0 Å². The van der Waals surface area contributed by atoms with Gasteiger partial charge in [0.05, 0.1) is 11.9 Å². The van der Waals surface area contributed by atoms with Gasteiger partial charge in [-0.05, 0) is 17.9 Å². The second-order valence-electron chi connectivity index (χ2n) is 6.26. The van der Waals surface area contributed by atoms with E-state index in [2.05, 4.69) is 16.2 Å². The third-order valence-corrected chi connectivity index (χ3v) is 4.32. The Hall–Kier alpha value is -2.88. The topological polar surface area (TPSA) is 94.3 Å². The van der Waals surface area contributed by atoms with Crippen LogP contribution in [0, 0.1) is 11.3 Å². The number of fused-ring (bicyclic) bond motifs is 1. The van der Waals surface area contributed by atoms with Crippen molar-refractivity contribution in [2.24, 2.45) is 0 Å². The molecular weight excluding hydrogens is 306 g/mol. The van der Waals surface area contributed by atoms with Crippen molar-refractivity contribution in [2.45, 2.75) is 33.1 Å². The number of H-pyrrole nitrogens is 1. The molecule has 0 aromatic carbocycles. The molecule has 1 aliphatic heterocycles. The fourth-order valence-electron chi connectivity index (χ4n) is 3.09. The van der Waals surface area contributed by atoms with Crippen LogP contribution in [0.3, 0.4) is 0 Å². The summed E-state index contributed by atoms with van der Waals surface area (Å²) >= 11 is 0. The van der Waals surface area contributed by atoms with Crippen LogP contribution in [-0.4, -0.2) is 38.5 Å². The molecule has 0 bridgehead atoms. The van der Waals surface area contributed by atoms with Gasteiger partial charge in [-0.15, -0.1) is 0 Å². The Balaban J connectivity index is 2.25. The number of nitriles is 1. The second kappa shape index (κ2) is 5.96. The first-order valence-electron chi connectivity index (χ1n) is 7.93. The number of hydrogen-bond acceptors (Lipinski definition) is 4. The molecule has 1 amide bonds. The van der Waals surface area contributed by atoms with Crippen LogP contribution in [0.5, 0.6) is 0 Å². The quantitative estimate of drug-likeness (QED) is 0.908. The van der Waals surface area contributed by atoms with Crippen LogP contribution < -0.4 is 5.56 Å². The summed E-state index contributed by atoms with van der Waals surface area (Å²) in [6, 6.07) is 2.05. The molecular formula is C17H19N5O2. The van der Waals surface area contributed by atoms with Crippen molar-refractivity contribution in [3.63, 3.8) is 0 Å². The zero-order chi connectivity index (χ0) is 17.4. The molecule has 0 atom stereocenters. The van der Waals surface area contributed by atoms with E-state index in [9.17, 15) is 14.9 Å². The lowest BCUT2D eigenvalue weighted by molar-refractivity contribution is -0.128. The molecule has 2 aromatic rings. The summed E-state index contributed by atoms with van der Waals surface area (Å²) in [4.78, 5) is 29.5. The molecule has 0 unspecified atom stereocenters. The lowest BCUT2D eigenvalue weighted by Gasteiger charge is -2.27. The molecule has 2 aromatic heterocycles. The zero-order valence-electron chi connectivity index (χ0n) is 14.0. The van der Waals surface area contributed by atoms with Crippen LogP contribution in [0.2, 0.25) is 0 Å². The van der Waals surface area contributed by atoms with Crippen molar-refractivity contribution < 1.29 is 4.79 Å². The average Bonchev–Trinajstić information content (AvgIpc) is 2.97. The molecule has 1 aliphatic rings. The second-order valence-corrected chi connectivity index (χ2v) is 6.26. The summed E-state index contributed by atoms with van der Waals surface area (Å²) in [5.41, 5.74) is 2.71. The fraction of sp³-hybridized carbons (Fsp3) is 0.412. The van der Waals surface area contributed by atoms with Crippen LogP contribution in [0.25, 0.3) is 11.2 Å². The number of amides is 1. The number of carbonyl (C=O) groups is 1. The normalized spacial score (nSPS) is 14.8. The molecule has 0 fully saturated rings. The molecule has 0 saturated carbocycles. The van der Waals surface area contributed by atoms with E-state index in [-0.39, 0.29) is 17.4 Å². The summed E-state index contributed by atoms with van der Waals surface area (Å²) in [7, 11) is 0. The van der Waals surface area contributed by atoms with Crippen molar-refractivity contribution in [1.82, 2.24) is 19.5 Å². The first-order valence-corrected chi connectivity index (χ1v) is 7.93. The summed E-state index contributed by atoms with van der Waals surface area (Å²) in [5, 5.41) is 13.2. The van der Waals surface area contributed by atoms with E-state index in [0.29, 0.717) is 35.6 Å². The van der Waals surface area contributed by atoms with Crippen LogP contribution in [0.15, 0.2) is 17.1 Å². The molecule has 0 aliphatic carbocycles. The van der Waals surface area contributed by atoms with Gasteiger partial charge in [0.15, 0.2) is 5.65 Å². The maximum Gasteiger partial charge on any atom is 0.278 e. The van der Waals surface area contributed by atoms with Gasteiger partial charge in [0.25, 0.3) is 5.56 Å². The molecule has 24 heavy (non-hydrogen) atoms. The SMILES string of the molecule is CC(=O)N1CCC=C(c2[nH]c3c(C#N)cnn3c(=O)c2C(C)C)C1. The smallest absolute Gasteiger partial charge is 0.278 e. The Morgan fingerprint density at radius 2 is 2.21 bits per heavy atom. The molecule has 0 spiro atoms. The Morgan fingerprint density at radius 3 is 2.83 bits per heavy atom. The summed E-state index contributed by atoms with van der Waals surface area (Å²) in [6.45, 7) is 6.57. The van der Waals surface area contributed by atoms with E-state index >= 15 is 0 Å². The number of rotatable bonds is 2. The first-order chi connectivity index (χ1) is 11.4. The maximum absolute atomic E-state index is 12.8. The van der Waals surface area contributed by atoms with Crippen molar-refractivity contribution in [3.8, 4) is 6.07 Å². The summed E-state index contributed by atoms with van der Waals surface area (Å²) < 4.78 is 1.24. The number of carbonyl (C=O) groups excluding carboxylic acids is 1. The highest BCUT2D eigenvalue weighted by Crippen LogP contribution is 2.26. The minimum atomic E-state index is -0.226. The number of aromatic amines is 1. The molecule has 124 valence electrons. The minimum absolute atomic E-state index is 0.0113. The first kappa shape index (κ1) is 16.0. The molecule has 3 heterocycles. The molecule has 0 radical (unpaired) electrons. The molecule has 7 heteroatoms. The van der Waals surface area contributed by atoms with Gasteiger partial charge in [0.2, 0.25) is 5.91 Å². The van der Waals surface area contributed by atoms with Gasteiger partial charge < -0.3 is 9.88 Å². The predicted molar refractivity (Wildman–Crippen MR) is 89.5 cm³/mol. The highest BCUT2D eigenvalue weighted by molar-refractivity contribution is 5.78. The van der Waals surface area contributed by atoms with Gasteiger partial charge in [0, 0.05) is 25.6 Å². The third-order valence-electron chi connectivity index (χ3n) is 4.32. The highest BCUT2D eigenvalue weighted by atomic mass is 16.2. The van der Waals surface area contributed by atoms with E-state index in [1.165, 1.54) is 10.7 Å². The van der Waals surface area contributed by atoms with E-state index in [1.807, 2.05) is 19.9 Å². The highest BCUT2D eigenvalue weighted by Gasteiger charge is 2.23. The number of nitrogens with one attached hydrogen (secondary N) is 1.